The van der Waals surface area contributed by atoms with Gasteiger partial charge in [0.15, 0.2) is 0 Å². The molecule has 2 rings (SSSR count). The van der Waals surface area contributed by atoms with Gasteiger partial charge in [-0.15, -0.1) is 6.58 Å². The van der Waals surface area contributed by atoms with Crippen LogP contribution in [0.25, 0.3) is 0 Å². The number of nitrogens with zero attached hydrogens (tertiary/aromatic N) is 1. The minimum Gasteiger partial charge on any atom is -0.369 e. The van der Waals surface area contributed by atoms with Crippen LogP contribution in [-0.2, 0) is 0 Å². The molecule has 0 aromatic carbocycles. The predicted octanol–water partition coefficient (Wildman–Crippen LogP) is 7.65. The van der Waals surface area contributed by atoms with Gasteiger partial charge in [-0.3, -0.25) is 0 Å². The van der Waals surface area contributed by atoms with Crippen LogP contribution in [0.3, 0.4) is 0 Å². The number of hydrogen-bond acceptors (Lipinski definition) is 3. The van der Waals surface area contributed by atoms with Crippen LogP contribution in [0.4, 0.5) is 0 Å². The van der Waals surface area contributed by atoms with Crippen molar-refractivity contribution >= 4 is 0 Å². The van der Waals surface area contributed by atoms with Crippen molar-refractivity contribution < 1.29 is 0 Å². The average molecular weight is 470 g/mol. The Morgan fingerprint density at radius 2 is 1.56 bits per heavy atom. The van der Waals surface area contributed by atoms with E-state index in [0.717, 1.165) is 36.8 Å². The van der Waals surface area contributed by atoms with Gasteiger partial charge in [0, 0.05) is 18.3 Å². The highest BCUT2D eigenvalue weighted by Crippen LogP contribution is 2.46. The topological polar surface area (TPSA) is 27.3 Å². The van der Waals surface area contributed by atoms with Crippen LogP contribution in [0.1, 0.15) is 94.4 Å². The maximum atomic E-state index is 4.68. The lowest BCUT2D eigenvalue weighted by atomic mass is 9.70. The Kier molecular flexibility index (Phi) is 9.22. The first-order valence-corrected chi connectivity index (χ1v) is 13.5. The molecule has 3 heteroatoms. The first kappa shape index (κ1) is 28.6. The summed E-state index contributed by atoms with van der Waals surface area (Å²) in [6.07, 6.45) is 6.17. The average Bonchev–Trinajstić information content (AvgIpc) is 2.99. The van der Waals surface area contributed by atoms with Gasteiger partial charge in [0.25, 0.3) is 0 Å². The van der Waals surface area contributed by atoms with Crippen molar-refractivity contribution in [1.82, 2.24) is 15.5 Å². The first-order chi connectivity index (χ1) is 15.5. The molecule has 1 aliphatic carbocycles. The van der Waals surface area contributed by atoms with E-state index in [2.05, 4.69) is 104 Å². The zero-order valence-corrected chi connectivity index (χ0v) is 24.0. The Balaban J connectivity index is 2.21. The van der Waals surface area contributed by atoms with E-state index in [9.17, 15) is 0 Å². The molecule has 194 valence electrons. The predicted molar refractivity (Wildman–Crippen MR) is 150 cm³/mol. The van der Waals surface area contributed by atoms with Crippen molar-refractivity contribution in [1.29, 1.82) is 0 Å². The molecule has 2 fully saturated rings. The van der Waals surface area contributed by atoms with Crippen LogP contribution in [0, 0.1) is 28.6 Å². The monoisotopic (exact) mass is 469 g/mol. The Labute approximate surface area is 212 Å². The van der Waals surface area contributed by atoms with Gasteiger partial charge in [-0.1, -0.05) is 85.8 Å². The molecule has 0 amide bonds. The van der Waals surface area contributed by atoms with E-state index < -0.39 is 0 Å². The van der Waals surface area contributed by atoms with Gasteiger partial charge in [0.1, 0.15) is 0 Å². The zero-order valence-electron chi connectivity index (χ0n) is 24.0. The lowest BCUT2D eigenvalue weighted by molar-refractivity contribution is 0.161. The maximum Gasteiger partial charge on any atom is 0.0920 e. The summed E-state index contributed by atoms with van der Waals surface area (Å²) in [5.41, 5.74) is 3.86. The number of allylic oxidation sites excluding steroid dienone is 1. The number of hydrogen-bond donors (Lipinski definition) is 2. The molecular weight excluding hydrogens is 414 g/mol. The van der Waals surface area contributed by atoms with E-state index in [1.54, 1.807) is 0 Å². The molecule has 1 heterocycles. The van der Waals surface area contributed by atoms with Crippen LogP contribution >= 0.6 is 0 Å². The molecule has 2 aliphatic rings. The second kappa shape index (κ2) is 11.0. The standard InChI is InChI=1S/C31H55N3/c1-20(2)17-18-26(25-15-14-16-25)32-24(7)33-29(31(11,12)13)23(6)34-19-22(5)27(30(8,9)10)28(34)21(3)4/h22,25-29,32-33H,1,3,6-7,14-19H2,2,4-5,8-13H3. The Bertz CT molecular complexity index is 759. The molecule has 0 aromatic heterocycles. The lowest BCUT2D eigenvalue weighted by Crippen LogP contribution is -2.51. The smallest absolute Gasteiger partial charge is 0.0920 e. The second-order valence-electron chi connectivity index (χ2n) is 13.7. The van der Waals surface area contributed by atoms with Crippen LogP contribution in [-0.4, -0.2) is 29.6 Å². The van der Waals surface area contributed by atoms with E-state index in [1.807, 2.05) is 0 Å². The summed E-state index contributed by atoms with van der Waals surface area (Å²) in [6.45, 7) is 39.4. The van der Waals surface area contributed by atoms with E-state index >= 15 is 0 Å². The molecule has 5 unspecified atom stereocenters. The SMILES string of the molecule is C=C(C)CCC(NC(=C)NC(C(=C)N1CC(C)C(C(C)(C)C)C1C(=C)C)C(C)(C)C)C1CCC1. The van der Waals surface area contributed by atoms with Crippen molar-refractivity contribution in [2.24, 2.45) is 28.6 Å². The van der Waals surface area contributed by atoms with Crippen molar-refractivity contribution in [3.05, 3.63) is 49.0 Å². The molecule has 0 radical (unpaired) electrons. The summed E-state index contributed by atoms with van der Waals surface area (Å²) < 4.78 is 0. The fraction of sp³-hybridized carbons (Fsp3) is 0.742. The fourth-order valence-corrected chi connectivity index (χ4v) is 6.31. The molecule has 0 spiro atoms. The van der Waals surface area contributed by atoms with Crippen LogP contribution in [0.15, 0.2) is 49.0 Å². The molecule has 1 saturated carbocycles. The second-order valence-corrected chi connectivity index (χ2v) is 13.7. The first-order valence-electron chi connectivity index (χ1n) is 13.5. The van der Waals surface area contributed by atoms with E-state index in [0.29, 0.717) is 23.9 Å². The lowest BCUT2D eigenvalue weighted by Gasteiger charge is -2.43. The molecule has 0 bridgehead atoms. The Hall–Kier alpha value is -1.64. The summed E-state index contributed by atoms with van der Waals surface area (Å²) in [6, 6.07) is 0.858. The summed E-state index contributed by atoms with van der Waals surface area (Å²) in [7, 11) is 0. The Morgan fingerprint density at radius 1 is 0.971 bits per heavy atom. The third-order valence-corrected chi connectivity index (χ3v) is 8.13. The van der Waals surface area contributed by atoms with Gasteiger partial charge in [-0.2, -0.15) is 0 Å². The number of likely N-dealkylation sites (tertiary alicyclic amines) is 1. The van der Waals surface area contributed by atoms with Gasteiger partial charge in [-0.05, 0) is 68.1 Å². The minimum absolute atomic E-state index is 0.00590. The quantitative estimate of drug-likeness (QED) is 0.304. The molecule has 34 heavy (non-hydrogen) atoms. The molecule has 0 aromatic rings. The largest absolute Gasteiger partial charge is 0.369 e. The van der Waals surface area contributed by atoms with Crippen molar-refractivity contribution in [3.8, 4) is 0 Å². The maximum absolute atomic E-state index is 4.68. The van der Waals surface area contributed by atoms with Gasteiger partial charge in [0.05, 0.1) is 17.9 Å². The van der Waals surface area contributed by atoms with Gasteiger partial charge >= 0.3 is 0 Å². The van der Waals surface area contributed by atoms with Gasteiger partial charge in [0.2, 0.25) is 0 Å². The van der Waals surface area contributed by atoms with E-state index in [-0.39, 0.29) is 16.9 Å². The molecule has 5 atom stereocenters. The number of rotatable bonds is 11. The van der Waals surface area contributed by atoms with Gasteiger partial charge in [-0.25, -0.2) is 0 Å². The summed E-state index contributed by atoms with van der Waals surface area (Å²) in [5.74, 6) is 2.81. The van der Waals surface area contributed by atoms with Crippen molar-refractivity contribution in [2.75, 3.05) is 6.54 Å². The molecular formula is C31H55N3. The fourth-order valence-electron chi connectivity index (χ4n) is 6.31. The molecule has 3 nitrogen and oxygen atoms in total. The highest BCUT2D eigenvalue weighted by atomic mass is 15.2. The third kappa shape index (κ3) is 6.95. The molecule has 1 aliphatic heterocycles. The van der Waals surface area contributed by atoms with Crippen LogP contribution < -0.4 is 10.6 Å². The number of nitrogens with one attached hydrogen (secondary N) is 2. The van der Waals surface area contributed by atoms with Gasteiger partial charge < -0.3 is 15.5 Å². The minimum atomic E-state index is -0.00590. The highest BCUT2D eigenvalue weighted by Gasteiger charge is 2.47. The van der Waals surface area contributed by atoms with Crippen LogP contribution in [0.2, 0.25) is 0 Å². The normalized spacial score (nSPS) is 25.3. The summed E-state index contributed by atoms with van der Waals surface area (Å²) in [4.78, 5) is 2.55. The summed E-state index contributed by atoms with van der Waals surface area (Å²) >= 11 is 0. The molecule has 2 N–H and O–H groups in total. The zero-order chi connectivity index (χ0) is 26.0. The highest BCUT2D eigenvalue weighted by molar-refractivity contribution is 5.22. The van der Waals surface area contributed by atoms with Crippen molar-refractivity contribution in [2.45, 2.75) is 113 Å². The van der Waals surface area contributed by atoms with Crippen molar-refractivity contribution in [3.63, 3.8) is 0 Å². The Morgan fingerprint density at radius 3 is 1.97 bits per heavy atom. The van der Waals surface area contributed by atoms with E-state index in [4.69, 9.17) is 0 Å². The van der Waals surface area contributed by atoms with E-state index in [1.165, 1.54) is 30.4 Å². The third-order valence-electron chi connectivity index (χ3n) is 8.13. The molecule has 1 saturated heterocycles. The summed E-state index contributed by atoms with van der Waals surface area (Å²) in [5, 5.41) is 7.56. The van der Waals surface area contributed by atoms with Crippen LogP contribution in [0.5, 0.6) is 0 Å².